The van der Waals surface area contributed by atoms with Gasteiger partial charge in [0.25, 0.3) is 0 Å². The van der Waals surface area contributed by atoms with E-state index in [9.17, 15) is 24.6 Å². The molecule has 0 unspecified atom stereocenters. The number of carbonyl (C=O) groups is 3. The Morgan fingerprint density at radius 3 is 2.31 bits per heavy atom. The SMILES string of the molecule is CCCCCCCC/C=C\CC/C=C/[C@H]1C[C@H]([C@](O)(CC(=O)O)C(=O)O)C(=O)O1. The van der Waals surface area contributed by atoms with Crippen molar-refractivity contribution >= 4 is 17.9 Å². The third kappa shape index (κ3) is 8.81. The Morgan fingerprint density at radius 2 is 1.66 bits per heavy atom. The van der Waals surface area contributed by atoms with Crippen LogP contribution in [0.2, 0.25) is 0 Å². The van der Waals surface area contributed by atoms with Gasteiger partial charge in [-0.1, -0.05) is 57.3 Å². The third-order valence-corrected chi connectivity index (χ3v) is 5.13. The molecule has 0 saturated carbocycles. The minimum Gasteiger partial charge on any atom is -0.481 e. The molecule has 0 aliphatic carbocycles. The number of aliphatic carboxylic acids is 2. The first-order valence-electron chi connectivity index (χ1n) is 10.5. The molecule has 164 valence electrons. The molecule has 7 nitrogen and oxygen atoms in total. The molecule has 0 aromatic carbocycles. The van der Waals surface area contributed by atoms with Gasteiger partial charge in [0.15, 0.2) is 5.60 Å². The molecule has 0 amide bonds. The van der Waals surface area contributed by atoms with Crippen molar-refractivity contribution in [3.8, 4) is 0 Å². The number of carboxylic acids is 2. The maximum atomic E-state index is 12.0. The molecule has 0 bridgehead atoms. The molecule has 1 aliphatic rings. The van der Waals surface area contributed by atoms with Crippen LogP contribution in [-0.4, -0.2) is 44.9 Å². The van der Waals surface area contributed by atoms with Crippen molar-refractivity contribution in [2.45, 2.75) is 89.3 Å². The van der Waals surface area contributed by atoms with Crippen LogP contribution in [-0.2, 0) is 19.1 Å². The highest BCUT2D eigenvalue weighted by Crippen LogP contribution is 2.34. The molecule has 0 spiro atoms. The van der Waals surface area contributed by atoms with Gasteiger partial charge in [-0.3, -0.25) is 9.59 Å². The number of allylic oxidation sites excluding steroid dienone is 3. The van der Waals surface area contributed by atoms with Crippen molar-refractivity contribution in [1.82, 2.24) is 0 Å². The molecule has 1 saturated heterocycles. The zero-order valence-electron chi connectivity index (χ0n) is 17.2. The van der Waals surface area contributed by atoms with Crippen LogP contribution in [0.5, 0.6) is 0 Å². The topological polar surface area (TPSA) is 121 Å². The van der Waals surface area contributed by atoms with E-state index in [-0.39, 0.29) is 6.42 Å². The second-order valence-corrected chi connectivity index (χ2v) is 7.60. The van der Waals surface area contributed by atoms with E-state index >= 15 is 0 Å². The molecule has 29 heavy (non-hydrogen) atoms. The number of carboxylic acid groups (broad SMARTS) is 2. The van der Waals surface area contributed by atoms with Gasteiger partial charge in [-0.2, -0.15) is 0 Å². The molecular weight excluding hydrogens is 376 g/mol. The first kappa shape index (κ1) is 24.9. The number of hydrogen-bond acceptors (Lipinski definition) is 5. The lowest BCUT2D eigenvalue weighted by Crippen LogP contribution is -2.49. The lowest BCUT2D eigenvalue weighted by molar-refractivity contribution is -0.176. The van der Waals surface area contributed by atoms with E-state index in [4.69, 9.17) is 9.84 Å². The van der Waals surface area contributed by atoms with Gasteiger partial charge in [0.2, 0.25) is 0 Å². The number of rotatable bonds is 15. The standard InChI is InChI=1S/C22H34O7/c1-2-3-4-5-6-7-8-9-10-11-12-13-14-17-15-18(20(25)29-17)22(28,21(26)27)16-19(23)24/h9-10,13-14,17-18,28H,2-8,11-12,15-16H2,1H3,(H,23,24)(H,26,27)/b10-9-,14-13+/t17-,18-,22+/m0/s1. The van der Waals surface area contributed by atoms with Crippen LogP contribution in [0, 0.1) is 5.92 Å². The van der Waals surface area contributed by atoms with Crippen molar-refractivity contribution in [1.29, 1.82) is 0 Å². The molecule has 1 fully saturated rings. The predicted molar refractivity (Wildman–Crippen MR) is 108 cm³/mol. The Bertz CT molecular complexity index is 596. The first-order chi connectivity index (χ1) is 13.8. The second-order valence-electron chi connectivity index (χ2n) is 7.60. The third-order valence-electron chi connectivity index (χ3n) is 5.13. The highest BCUT2D eigenvalue weighted by Gasteiger charge is 2.54. The summed E-state index contributed by atoms with van der Waals surface area (Å²) in [7, 11) is 0. The summed E-state index contributed by atoms with van der Waals surface area (Å²) in [6.45, 7) is 2.21. The summed E-state index contributed by atoms with van der Waals surface area (Å²) in [5.74, 6) is -5.51. The van der Waals surface area contributed by atoms with Crippen molar-refractivity contribution < 1.29 is 34.4 Å². The van der Waals surface area contributed by atoms with Crippen LogP contribution in [0.1, 0.15) is 77.6 Å². The molecule has 3 N–H and O–H groups in total. The number of aliphatic hydroxyl groups is 1. The zero-order valence-corrected chi connectivity index (χ0v) is 17.2. The monoisotopic (exact) mass is 410 g/mol. The lowest BCUT2D eigenvalue weighted by atomic mass is 9.82. The number of unbranched alkanes of at least 4 members (excludes halogenated alkanes) is 7. The smallest absolute Gasteiger partial charge is 0.337 e. The maximum Gasteiger partial charge on any atom is 0.337 e. The number of ether oxygens (including phenoxy) is 1. The summed E-state index contributed by atoms with van der Waals surface area (Å²) >= 11 is 0. The summed E-state index contributed by atoms with van der Waals surface area (Å²) in [6, 6.07) is 0. The Labute approximate surface area is 172 Å². The normalized spacial score (nSPS) is 21.5. The minimum absolute atomic E-state index is 0.0563. The lowest BCUT2D eigenvalue weighted by Gasteiger charge is -2.25. The molecule has 3 atom stereocenters. The highest BCUT2D eigenvalue weighted by molar-refractivity contribution is 5.91. The van der Waals surface area contributed by atoms with Crippen LogP contribution in [0.3, 0.4) is 0 Å². The molecule has 0 radical (unpaired) electrons. The Kier molecular flexibility index (Phi) is 11.3. The van der Waals surface area contributed by atoms with Gasteiger partial charge in [0, 0.05) is 6.42 Å². The maximum absolute atomic E-state index is 12.0. The predicted octanol–water partition coefficient (Wildman–Crippen LogP) is 3.85. The molecule has 0 aromatic rings. The summed E-state index contributed by atoms with van der Waals surface area (Å²) in [5.41, 5.74) is -2.66. The average molecular weight is 411 g/mol. The Morgan fingerprint density at radius 1 is 1.03 bits per heavy atom. The van der Waals surface area contributed by atoms with Crippen LogP contribution in [0.25, 0.3) is 0 Å². The number of esters is 1. The number of carbonyl (C=O) groups excluding carboxylic acids is 1. The fraction of sp³-hybridized carbons (Fsp3) is 0.682. The first-order valence-corrected chi connectivity index (χ1v) is 10.5. The summed E-state index contributed by atoms with van der Waals surface area (Å²) in [6.07, 6.45) is 16.4. The van der Waals surface area contributed by atoms with E-state index in [1.165, 1.54) is 38.5 Å². The van der Waals surface area contributed by atoms with E-state index in [1.807, 2.05) is 6.08 Å². The van der Waals surface area contributed by atoms with Gasteiger partial charge in [0.05, 0.1) is 6.42 Å². The number of cyclic esters (lactones) is 1. The van der Waals surface area contributed by atoms with Gasteiger partial charge < -0.3 is 20.1 Å². The fourth-order valence-electron chi connectivity index (χ4n) is 3.41. The van der Waals surface area contributed by atoms with E-state index in [0.29, 0.717) is 0 Å². The van der Waals surface area contributed by atoms with E-state index in [2.05, 4.69) is 19.1 Å². The molecule has 7 heteroatoms. The molecule has 0 aromatic heterocycles. The zero-order chi connectivity index (χ0) is 21.7. The van der Waals surface area contributed by atoms with Gasteiger partial charge in [-0.15, -0.1) is 0 Å². The van der Waals surface area contributed by atoms with Crippen molar-refractivity contribution in [2.75, 3.05) is 0 Å². The minimum atomic E-state index is -2.66. The molecule has 1 rings (SSSR count). The van der Waals surface area contributed by atoms with E-state index < -0.39 is 42.0 Å². The van der Waals surface area contributed by atoms with Gasteiger partial charge in [-0.25, -0.2) is 4.79 Å². The summed E-state index contributed by atoms with van der Waals surface area (Å²) < 4.78 is 5.09. The van der Waals surface area contributed by atoms with Crippen LogP contribution in [0.4, 0.5) is 0 Å². The van der Waals surface area contributed by atoms with E-state index in [1.54, 1.807) is 6.08 Å². The second kappa shape index (κ2) is 13.1. The average Bonchev–Trinajstić information content (AvgIpc) is 3.03. The van der Waals surface area contributed by atoms with Crippen LogP contribution >= 0.6 is 0 Å². The van der Waals surface area contributed by atoms with Crippen molar-refractivity contribution in [3.63, 3.8) is 0 Å². The fourth-order valence-corrected chi connectivity index (χ4v) is 3.41. The largest absolute Gasteiger partial charge is 0.481 e. The van der Waals surface area contributed by atoms with Crippen molar-refractivity contribution in [2.24, 2.45) is 5.92 Å². The Balaban J connectivity index is 2.32. The van der Waals surface area contributed by atoms with Gasteiger partial charge in [-0.05, 0) is 31.8 Å². The van der Waals surface area contributed by atoms with Crippen molar-refractivity contribution in [3.05, 3.63) is 24.3 Å². The van der Waals surface area contributed by atoms with Crippen LogP contribution in [0.15, 0.2) is 24.3 Å². The van der Waals surface area contributed by atoms with E-state index in [0.717, 1.165) is 19.3 Å². The summed E-state index contributed by atoms with van der Waals surface area (Å²) in [5, 5.41) is 28.2. The molecular formula is C22H34O7. The van der Waals surface area contributed by atoms with Crippen LogP contribution < -0.4 is 0 Å². The Hall–Kier alpha value is -2.15. The quantitative estimate of drug-likeness (QED) is 0.213. The molecule has 1 aliphatic heterocycles. The van der Waals surface area contributed by atoms with Gasteiger partial charge >= 0.3 is 17.9 Å². The highest BCUT2D eigenvalue weighted by atomic mass is 16.6. The van der Waals surface area contributed by atoms with Gasteiger partial charge in [0.1, 0.15) is 12.0 Å². The number of hydrogen-bond donors (Lipinski definition) is 3. The summed E-state index contributed by atoms with van der Waals surface area (Å²) in [4.78, 5) is 34.1. The molecule has 1 heterocycles.